The lowest BCUT2D eigenvalue weighted by Gasteiger charge is -2.21. The van der Waals surface area contributed by atoms with Crippen LogP contribution in [0.15, 0.2) is 18.5 Å². The Morgan fingerprint density at radius 1 is 1.50 bits per heavy atom. The maximum atomic E-state index is 12.1. The smallest absolute Gasteiger partial charge is 0.170 e. The molecule has 2 nitrogen and oxygen atoms in total. The number of rotatable bonds is 3. The van der Waals surface area contributed by atoms with Crippen molar-refractivity contribution in [3.05, 3.63) is 29.6 Å². The monoisotopic (exact) mass is 191 g/mol. The predicted octanol–water partition coefficient (Wildman–Crippen LogP) is 3.01. The first-order valence-electron chi connectivity index (χ1n) is 4.94. The van der Waals surface area contributed by atoms with Gasteiger partial charge in [0.15, 0.2) is 5.78 Å². The summed E-state index contributed by atoms with van der Waals surface area (Å²) < 4.78 is 0. The van der Waals surface area contributed by atoms with E-state index in [9.17, 15) is 4.79 Å². The summed E-state index contributed by atoms with van der Waals surface area (Å²) in [6.07, 6.45) is 4.22. The highest BCUT2D eigenvalue weighted by molar-refractivity contribution is 6.00. The molecule has 0 amide bonds. The van der Waals surface area contributed by atoms with Gasteiger partial charge in [0, 0.05) is 23.4 Å². The zero-order valence-corrected chi connectivity index (χ0v) is 9.29. The molecule has 76 valence electrons. The molecular formula is C12H17NO. The SMILES string of the molecule is CCC(C)(C)C(=O)c1cnccc1C. The Morgan fingerprint density at radius 2 is 2.14 bits per heavy atom. The highest BCUT2D eigenvalue weighted by atomic mass is 16.1. The van der Waals surface area contributed by atoms with E-state index in [0.29, 0.717) is 0 Å². The third kappa shape index (κ3) is 2.00. The van der Waals surface area contributed by atoms with Gasteiger partial charge in [-0.15, -0.1) is 0 Å². The van der Waals surface area contributed by atoms with Gasteiger partial charge in [-0.1, -0.05) is 20.8 Å². The van der Waals surface area contributed by atoms with Crippen molar-refractivity contribution in [3.8, 4) is 0 Å². The third-order valence-electron chi connectivity index (χ3n) is 2.78. The summed E-state index contributed by atoms with van der Waals surface area (Å²) in [5.41, 5.74) is 1.47. The Morgan fingerprint density at radius 3 is 2.64 bits per heavy atom. The van der Waals surface area contributed by atoms with Crippen molar-refractivity contribution in [1.82, 2.24) is 4.98 Å². The number of ketones is 1. The van der Waals surface area contributed by atoms with Crippen molar-refractivity contribution in [2.75, 3.05) is 0 Å². The third-order valence-corrected chi connectivity index (χ3v) is 2.78. The molecule has 1 heterocycles. The number of carbonyl (C=O) groups is 1. The highest BCUT2D eigenvalue weighted by Gasteiger charge is 2.27. The quantitative estimate of drug-likeness (QED) is 0.687. The van der Waals surface area contributed by atoms with Gasteiger partial charge in [0.05, 0.1) is 0 Å². The topological polar surface area (TPSA) is 30.0 Å². The molecule has 1 rings (SSSR count). The Bertz CT molecular complexity index is 342. The number of aromatic nitrogens is 1. The van der Waals surface area contributed by atoms with E-state index in [4.69, 9.17) is 0 Å². The fourth-order valence-electron chi connectivity index (χ4n) is 1.23. The van der Waals surface area contributed by atoms with E-state index >= 15 is 0 Å². The second-order valence-corrected chi connectivity index (χ2v) is 4.26. The number of aryl methyl sites for hydroxylation is 1. The van der Waals surface area contributed by atoms with Gasteiger partial charge in [-0.25, -0.2) is 0 Å². The molecule has 0 unspecified atom stereocenters. The predicted molar refractivity (Wildman–Crippen MR) is 57.4 cm³/mol. The van der Waals surface area contributed by atoms with Crippen molar-refractivity contribution in [2.24, 2.45) is 5.41 Å². The number of hydrogen-bond acceptors (Lipinski definition) is 2. The van der Waals surface area contributed by atoms with Crippen molar-refractivity contribution >= 4 is 5.78 Å². The molecule has 0 spiro atoms. The van der Waals surface area contributed by atoms with Gasteiger partial charge in [-0.05, 0) is 25.0 Å². The van der Waals surface area contributed by atoms with Gasteiger partial charge in [0.2, 0.25) is 0 Å². The van der Waals surface area contributed by atoms with Crippen molar-refractivity contribution in [1.29, 1.82) is 0 Å². The standard InChI is InChI=1S/C12H17NO/c1-5-12(3,4)11(14)10-8-13-7-6-9(10)2/h6-8H,5H2,1-4H3. The van der Waals surface area contributed by atoms with Crippen LogP contribution in [-0.4, -0.2) is 10.8 Å². The van der Waals surface area contributed by atoms with Crippen LogP contribution < -0.4 is 0 Å². The summed E-state index contributed by atoms with van der Waals surface area (Å²) in [4.78, 5) is 16.1. The van der Waals surface area contributed by atoms with Gasteiger partial charge < -0.3 is 0 Å². The van der Waals surface area contributed by atoms with E-state index in [-0.39, 0.29) is 11.2 Å². The molecule has 2 heteroatoms. The second-order valence-electron chi connectivity index (χ2n) is 4.26. The molecule has 0 bridgehead atoms. The first-order chi connectivity index (χ1) is 6.49. The Labute approximate surface area is 85.4 Å². The number of hydrogen-bond donors (Lipinski definition) is 0. The van der Waals surface area contributed by atoms with Crippen LogP contribution >= 0.6 is 0 Å². The van der Waals surface area contributed by atoms with Crippen LogP contribution in [0.4, 0.5) is 0 Å². The molecule has 0 saturated carbocycles. The van der Waals surface area contributed by atoms with Gasteiger partial charge in [-0.3, -0.25) is 9.78 Å². The van der Waals surface area contributed by atoms with Gasteiger partial charge in [-0.2, -0.15) is 0 Å². The number of pyridine rings is 1. The Balaban J connectivity index is 3.07. The molecule has 1 aromatic heterocycles. The van der Waals surface area contributed by atoms with Crippen LogP contribution in [0.2, 0.25) is 0 Å². The zero-order valence-electron chi connectivity index (χ0n) is 9.29. The fourth-order valence-corrected chi connectivity index (χ4v) is 1.23. The summed E-state index contributed by atoms with van der Waals surface area (Å²) in [5, 5.41) is 0. The Kier molecular flexibility index (Phi) is 3.04. The lowest BCUT2D eigenvalue weighted by Crippen LogP contribution is -2.24. The maximum Gasteiger partial charge on any atom is 0.170 e. The van der Waals surface area contributed by atoms with Crippen LogP contribution in [-0.2, 0) is 0 Å². The van der Waals surface area contributed by atoms with Crippen LogP contribution in [0, 0.1) is 12.3 Å². The molecule has 0 N–H and O–H groups in total. The summed E-state index contributed by atoms with van der Waals surface area (Å²) >= 11 is 0. The molecule has 0 fully saturated rings. The van der Waals surface area contributed by atoms with E-state index in [2.05, 4.69) is 4.98 Å². The number of carbonyl (C=O) groups excluding carboxylic acids is 1. The van der Waals surface area contributed by atoms with Gasteiger partial charge in [0.1, 0.15) is 0 Å². The molecule has 0 aliphatic rings. The molecule has 0 saturated heterocycles. The van der Waals surface area contributed by atoms with Crippen LogP contribution in [0.3, 0.4) is 0 Å². The molecule has 0 radical (unpaired) electrons. The minimum absolute atomic E-state index is 0.186. The molecular weight excluding hydrogens is 174 g/mol. The largest absolute Gasteiger partial charge is 0.294 e. The molecule has 14 heavy (non-hydrogen) atoms. The molecule has 1 aromatic rings. The average molecular weight is 191 g/mol. The normalized spacial score (nSPS) is 11.4. The lowest BCUT2D eigenvalue weighted by atomic mass is 9.81. The van der Waals surface area contributed by atoms with Crippen molar-refractivity contribution in [3.63, 3.8) is 0 Å². The maximum absolute atomic E-state index is 12.1. The van der Waals surface area contributed by atoms with Crippen LogP contribution in [0.1, 0.15) is 43.1 Å². The van der Waals surface area contributed by atoms with Gasteiger partial charge >= 0.3 is 0 Å². The summed E-state index contributed by atoms with van der Waals surface area (Å²) in [7, 11) is 0. The lowest BCUT2D eigenvalue weighted by molar-refractivity contribution is 0.0832. The first-order valence-corrected chi connectivity index (χ1v) is 4.94. The van der Waals surface area contributed by atoms with E-state index in [1.807, 2.05) is 33.8 Å². The van der Waals surface area contributed by atoms with E-state index in [1.54, 1.807) is 12.4 Å². The van der Waals surface area contributed by atoms with Crippen LogP contribution in [0.25, 0.3) is 0 Å². The number of Topliss-reactive ketones (excluding diaryl/α,β-unsaturated/α-hetero) is 1. The second kappa shape index (κ2) is 3.91. The molecule has 0 aliphatic carbocycles. The fraction of sp³-hybridized carbons (Fsp3) is 0.500. The highest BCUT2D eigenvalue weighted by Crippen LogP contribution is 2.26. The van der Waals surface area contributed by atoms with Crippen molar-refractivity contribution < 1.29 is 4.79 Å². The molecule has 0 aromatic carbocycles. The molecule has 0 atom stereocenters. The summed E-state index contributed by atoms with van der Waals surface area (Å²) in [6.45, 7) is 7.92. The Hall–Kier alpha value is -1.18. The minimum atomic E-state index is -0.284. The summed E-state index contributed by atoms with van der Waals surface area (Å²) in [6, 6.07) is 1.87. The first kappa shape index (κ1) is 10.9. The zero-order chi connectivity index (χ0) is 10.8. The minimum Gasteiger partial charge on any atom is -0.294 e. The van der Waals surface area contributed by atoms with Gasteiger partial charge in [0.25, 0.3) is 0 Å². The van der Waals surface area contributed by atoms with Crippen LogP contribution in [0.5, 0.6) is 0 Å². The van der Waals surface area contributed by atoms with E-state index in [0.717, 1.165) is 17.5 Å². The van der Waals surface area contributed by atoms with E-state index < -0.39 is 0 Å². The van der Waals surface area contributed by atoms with E-state index in [1.165, 1.54) is 0 Å². The van der Waals surface area contributed by atoms with Crippen molar-refractivity contribution in [2.45, 2.75) is 34.1 Å². The summed E-state index contributed by atoms with van der Waals surface area (Å²) in [5.74, 6) is 0.186. The average Bonchev–Trinajstić information content (AvgIpc) is 2.17. The number of nitrogens with zero attached hydrogens (tertiary/aromatic N) is 1. The molecule has 0 aliphatic heterocycles.